The normalized spacial score (nSPS) is 10.0. The number of aromatic nitrogens is 2. The fourth-order valence-electron chi connectivity index (χ4n) is 2.46. The molecule has 0 aliphatic heterocycles. The predicted octanol–water partition coefficient (Wildman–Crippen LogP) is 3.96. The van der Waals surface area contributed by atoms with Crippen LogP contribution in [-0.4, -0.2) is 15.9 Å². The van der Waals surface area contributed by atoms with Crippen LogP contribution in [-0.2, 0) is 0 Å². The Labute approximate surface area is 151 Å². The predicted molar refractivity (Wildman–Crippen MR) is 100 cm³/mol. The minimum absolute atomic E-state index is 0.312. The number of rotatable bonds is 4. The van der Waals surface area contributed by atoms with Crippen molar-refractivity contribution < 1.29 is 4.79 Å². The zero-order chi connectivity index (χ0) is 18.5. The fraction of sp³-hybridized carbons (Fsp3) is 0.100. The standard InChI is InChI=1S/C20H17N5O/c1-13-4-3-5-14(2)18(13)25-20-22-11-16(12-23-20)19(26)24-17-8-6-15(10-21)7-9-17/h3-9,11-12H,1-2H3,(H,24,26)(H,22,23,25). The second-order valence-electron chi connectivity index (χ2n) is 5.83. The Bertz CT molecular complexity index is 952. The van der Waals surface area contributed by atoms with Crippen LogP contribution in [0.4, 0.5) is 17.3 Å². The summed E-state index contributed by atoms with van der Waals surface area (Å²) in [7, 11) is 0. The highest BCUT2D eigenvalue weighted by molar-refractivity contribution is 6.03. The van der Waals surface area contributed by atoms with Gasteiger partial charge in [-0.15, -0.1) is 0 Å². The summed E-state index contributed by atoms with van der Waals surface area (Å²) in [5.41, 5.74) is 4.64. The second-order valence-corrected chi connectivity index (χ2v) is 5.83. The van der Waals surface area contributed by atoms with Crippen LogP contribution >= 0.6 is 0 Å². The maximum atomic E-state index is 12.3. The first-order valence-corrected chi connectivity index (χ1v) is 8.03. The lowest BCUT2D eigenvalue weighted by molar-refractivity contribution is 0.102. The van der Waals surface area contributed by atoms with Gasteiger partial charge in [-0.2, -0.15) is 5.26 Å². The first-order valence-electron chi connectivity index (χ1n) is 8.03. The Kier molecular flexibility index (Phi) is 4.90. The van der Waals surface area contributed by atoms with Crippen molar-refractivity contribution in [1.29, 1.82) is 5.26 Å². The zero-order valence-electron chi connectivity index (χ0n) is 14.4. The van der Waals surface area contributed by atoms with Gasteiger partial charge < -0.3 is 10.6 Å². The second kappa shape index (κ2) is 7.45. The molecule has 0 saturated carbocycles. The lowest BCUT2D eigenvalue weighted by atomic mass is 10.1. The van der Waals surface area contributed by atoms with Gasteiger partial charge in [-0.3, -0.25) is 4.79 Å². The molecule has 0 radical (unpaired) electrons. The number of aryl methyl sites for hydroxylation is 2. The summed E-state index contributed by atoms with van der Waals surface area (Å²) in [6, 6.07) is 14.7. The van der Waals surface area contributed by atoms with Gasteiger partial charge in [-0.25, -0.2) is 9.97 Å². The summed E-state index contributed by atoms with van der Waals surface area (Å²) in [6.07, 6.45) is 2.95. The van der Waals surface area contributed by atoms with Crippen LogP contribution in [0.1, 0.15) is 27.0 Å². The Hall–Kier alpha value is -3.72. The van der Waals surface area contributed by atoms with E-state index in [9.17, 15) is 4.79 Å². The molecule has 6 heteroatoms. The van der Waals surface area contributed by atoms with Crippen molar-refractivity contribution in [2.24, 2.45) is 0 Å². The molecule has 0 atom stereocenters. The van der Waals surface area contributed by atoms with E-state index >= 15 is 0 Å². The van der Waals surface area contributed by atoms with E-state index in [1.165, 1.54) is 12.4 Å². The minimum Gasteiger partial charge on any atom is -0.324 e. The number of carbonyl (C=O) groups is 1. The number of nitriles is 1. The molecule has 2 N–H and O–H groups in total. The van der Waals surface area contributed by atoms with Crippen molar-refractivity contribution in [2.75, 3.05) is 10.6 Å². The number of anilines is 3. The number of carbonyl (C=O) groups excluding carboxylic acids is 1. The number of hydrogen-bond acceptors (Lipinski definition) is 5. The smallest absolute Gasteiger partial charge is 0.258 e. The van der Waals surface area contributed by atoms with Crippen LogP contribution in [0.3, 0.4) is 0 Å². The molecule has 1 heterocycles. The SMILES string of the molecule is Cc1cccc(C)c1Nc1ncc(C(=O)Nc2ccc(C#N)cc2)cn1. The monoisotopic (exact) mass is 343 g/mol. The van der Waals surface area contributed by atoms with E-state index in [-0.39, 0.29) is 5.91 Å². The van der Waals surface area contributed by atoms with Crippen LogP contribution in [0.25, 0.3) is 0 Å². The molecule has 1 aromatic heterocycles. The molecule has 0 saturated heterocycles. The third-order valence-corrected chi connectivity index (χ3v) is 3.90. The molecule has 0 aliphatic carbocycles. The molecule has 128 valence electrons. The minimum atomic E-state index is -0.312. The average molecular weight is 343 g/mol. The molecule has 3 aromatic rings. The van der Waals surface area contributed by atoms with E-state index in [2.05, 4.69) is 20.6 Å². The Balaban J connectivity index is 1.70. The van der Waals surface area contributed by atoms with Crippen LogP contribution in [0.2, 0.25) is 0 Å². The first-order chi connectivity index (χ1) is 12.6. The van der Waals surface area contributed by atoms with Gasteiger partial charge in [0.05, 0.1) is 17.2 Å². The van der Waals surface area contributed by atoms with Crippen molar-refractivity contribution in [1.82, 2.24) is 9.97 Å². The third kappa shape index (κ3) is 3.84. The lowest BCUT2D eigenvalue weighted by Gasteiger charge is -2.11. The summed E-state index contributed by atoms with van der Waals surface area (Å²) >= 11 is 0. The molecular weight excluding hydrogens is 326 g/mol. The van der Waals surface area contributed by atoms with Crippen LogP contribution < -0.4 is 10.6 Å². The summed E-state index contributed by atoms with van der Waals surface area (Å²) in [4.78, 5) is 20.7. The molecule has 2 aromatic carbocycles. The molecule has 6 nitrogen and oxygen atoms in total. The van der Waals surface area contributed by atoms with Gasteiger partial charge in [0.15, 0.2) is 0 Å². The van der Waals surface area contributed by atoms with Gasteiger partial charge in [-0.05, 0) is 49.2 Å². The van der Waals surface area contributed by atoms with Gasteiger partial charge in [0, 0.05) is 23.8 Å². The van der Waals surface area contributed by atoms with Gasteiger partial charge in [0.1, 0.15) is 0 Å². The molecule has 26 heavy (non-hydrogen) atoms. The third-order valence-electron chi connectivity index (χ3n) is 3.90. The maximum Gasteiger partial charge on any atom is 0.258 e. The first kappa shape index (κ1) is 17.1. The van der Waals surface area contributed by atoms with E-state index in [1.807, 2.05) is 38.1 Å². The van der Waals surface area contributed by atoms with Crippen molar-refractivity contribution in [3.05, 3.63) is 77.1 Å². The van der Waals surface area contributed by atoms with E-state index in [0.29, 0.717) is 22.8 Å². The number of amides is 1. The van der Waals surface area contributed by atoms with Gasteiger partial charge >= 0.3 is 0 Å². The summed E-state index contributed by atoms with van der Waals surface area (Å²) in [6.45, 7) is 4.02. The van der Waals surface area contributed by atoms with Gasteiger partial charge in [0.25, 0.3) is 5.91 Å². The van der Waals surface area contributed by atoms with E-state index < -0.39 is 0 Å². The molecule has 0 spiro atoms. The average Bonchev–Trinajstić information content (AvgIpc) is 2.66. The van der Waals surface area contributed by atoms with Crippen molar-refractivity contribution in [2.45, 2.75) is 13.8 Å². The van der Waals surface area contributed by atoms with E-state index in [4.69, 9.17) is 5.26 Å². The van der Waals surface area contributed by atoms with Crippen LogP contribution in [0.5, 0.6) is 0 Å². The summed E-state index contributed by atoms with van der Waals surface area (Å²) in [5.74, 6) is 0.116. The van der Waals surface area contributed by atoms with Crippen molar-refractivity contribution in [3.8, 4) is 6.07 Å². The highest BCUT2D eigenvalue weighted by atomic mass is 16.1. The molecule has 3 rings (SSSR count). The Morgan fingerprint density at radius 2 is 1.62 bits per heavy atom. The zero-order valence-corrected chi connectivity index (χ0v) is 14.4. The molecule has 0 aliphatic rings. The number of nitrogens with zero attached hydrogens (tertiary/aromatic N) is 3. The van der Waals surface area contributed by atoms with Crippen molar-refractivity contribution >= 4 is 23.2 Å². The topological polar surface area (TPSA) is 90.7 Å². The van der Waals surface area contributed by atoms with Gasteiger partial charge in [0.2, 0.25) is 5.95 Å². The number of para-hydroxylation sites is 1. The molecule has 0 fully saturated rings. The number of benzene rings is 2. The number of nitrogens with one attached hydrogen (secondary N) is 2. The molecule has 0 bridgehead atoms. The van der Waals surface area contributed by atoms with Crippen LogP contribution in [0.15, 0.2) is 54.9 Å². The molecular formula is C20H17N5O. The summed E-state index contributed by atoms with van der Waals surface area (Å²) < 4.78 is 0. The van der Waals surface area contributed by atoms with E-state index in [1.54, 1.807) is 24.3 Å². The maximum absolute atomic E-state index is 12.3. The molecule has 0 unspecified atom stereocenters. The Morgan fingerprint density at radius 1 is 1.00 bits per heavy atom. The highest BCUT2D eigenvalue weighted by Crippen LogP contribution is 2.22. The van der Waals surface area contributed by atoms with Crippen molar-refractivity contribution in [3.63, 3.8) is 0 Å². The quantitative estimate of drug-likeness (QED) is 0.748. The summed E-state index contributed by atoms with van der Waals surface area (Å²) in [5, 5.41) is 14.7. The largest absolute Gasteiger partial charge is 0.324 e. The lowest BCUT2D eigenvalue weighted by Crippen LogP contribution is -2.13. The Morgan fingerprint density at radius 3 is 2.19 bits per heavy atom. The van der Waals surface area contributed by atoms with Crippen LogP contribution in [0, 0.1) is 25.2 Å². The highest BCUT2D eigenvalue weighted by Gasteiger charge is 2.09. The molecule has 1 amide bonds. The van der Waals surface area contributed by atoms with Gasteiger partial charge in [-0.1, -0.05) is 18.2 Å². The fourth-order valence-corrected chi connectivity index (χ4v) is 2.46. The number of hydrogen-bond donors (Lipinski definition) is 2. The van der Waals surface area contributed by atoms with E-state index in [0.717, 1.165) is 16.8 Å².